The van der Waals surface area contributed by atoms with Gasteiger partial charge in [0.2, 0.25) is 10.0 Å². The van der Waals surface area contributed by atoms with Crippen LogP contribution >= 0.6 is 15.9 Å². The summed E-state index contributed by atoms with van der Waals surface area (Å²) in [5, 5.41) is 11.0. The van der Waals surface area contributed by atoms with Crippen LogP contribution in [0.4, 0.5) is 10.2 Å². The average Bonchev–Trinajstić information content (AvgIpc) is 2.73. The van der Waals surface area contributed by atoms with E-state index in [9.17, 15) is 17.6 Å². The Hall–Kier alpha value is -1.78. The van der Waals surface area contributed by atoms with Gasteiger partial charge >= 0.3 is 0 Å². The predicted molar refractivity (Wildman–Crippen MR) is 76.6 cm³/mol. The summed E-state index contributed by atoms with van der Waals surface area (Å²) in [5.41, 5.74) is -0.254. The molecule has 0 fully saturated rings. The summed E-state index contributed by atoms with van der Waals surface area (Å²) >= 11 is 3.12. The molecule has 0 aliphatic carbocycles. The molecule has 2 rings (SSSR count). The van der Waals surface area contributed by atoms with E-state index >= 15 is 0 Å². The highest BCUT2D eigenvalue weighted by Crippen LogP contribution is 2.20. The van der Waals surface area contributed by atoms with Crippen LogP contribution in [0.5, 0.6) is 0 Å². The molecule has 7 nitrogen and oxygen atoms in total. The van der Waals surface area contributed by atoms with Gasteiger partial charge in [0.25, 0.3) is 5.91 Å². The van der Waals surface area contributed by atoms with Gasteiger partial charge in [0.15, 0.2) is 5.82 Å². The number of nitrogens with two attached hydrogens (primary N) is 1. The van der Waals surface area contributed by atoms with Crippen molar-refractivity contribution in [1.29, 1.82) is 0 Å². The van der Waals surface area contributed by atoms with Crippen molar-refractivity contribution in [2.24, 2.45) is 12.2 Å². The lowest BCUT2D eigenvalue weighted by Crippen LogP contribution is -2.18. The second-order valence-corrected chi connectivity index (χ2v) is 6.58. The number of carbonyl (C=O) groups excluding carboxylic acids is 1. The quantitative estimate of drug-likeness (QED) is 0.839. The molecule has 10 heteroatoms. The molecule has 1 heterocycles. The lowest BCUT2D eigenvalue weighted by atomic mass is 10.2. The summed E-state index contributed by atoms with van der Waals surface area (Å²) in [4.78, 5) is 11.7. The van der Waals surface area contributed by atoms with Crippen LogP contribution in [-0.2, 0) is 17.1 Å². The topological polar surface area (TPSA) is 107 Å². The maximum absolute atomic E-state index is 13.6. The number of nitrogens with zero attached hydrogens (tertiary/aromatic N) is 2. The summed E-state index contributed by atoms with van der Waals surface area (Å²) in [6.45, 7) is 0. The molecule has 0 spiro atoms. The molecule has 0 aliphatic rings. The average molecular weight is 377 g/mol. The molecule has 0 atom stereocenters. The van der Waals surface area contributed by atoms with E-state index in [2.05, 4.69) is 26.3 Å². The third-order valence-corrected chi connectivity index (χ3v) is 3.91. The van der Waals surface area contributed by atoms with Gasteiger partial charge < -0.3 is 5.32 Å². The molecule has 1 aromatic carbocycles. The smallest absolute Gasteiger partial charge is 0.259 e. The van der Waals surface area contributed by atoms with Gasteiger partial charge in [-0.1, -0.05) is 15.9 Å². The van der Waals surface area contributed by atoms with Crippen molar-refractivity contribution in [2.75, 3.05) is 5.32 Å². The van der Waals surface area contributed by atoms with Crippen molar-refractivity contribution in [1.82, 2.24) is 9.78 Å². The predicted octanol–water partition coefficient (Wildman–Crippen LogP) is 1.22. The fourth-order valence-corrected chi connectivity index (χ4v) is 2.63. The van der Waals surface area contributed by atoms with E-state index in [4.69, 9.17) is 5.14 Å². The number of benzene rings is 1. The molecule has 1 amide bonds. The SMILES string of the molecule is Cn1cc(S(N)(=O)=O)c(NC(=O)c2cc(Br)ccc2F)n1. The molecule has 0 bridgehead atoms. The monoisotopic (exact) mass is 376 g/mol. The fourth-order valence-electron chi connectivity index (χ4n) is 1.61. The summed E-state index contributed by atoms with van der Waals surface area (Å²) in [6, 6.07) is 3.81. The van der Waals surface area contributed by atoms with E-state index in [0.717, 1.165) is 12.3 Å². The number of primary sulfonamides is 1. The van der Waals surface area contributed by atoms with Crippen molar-refractivity contribution in [3.63, 3.8) is 0 Å². The number of anilines is 1. The van der Waals surface area contributed by atoms with Crippen LogP contribution in [0.25, 0.3) is 0 Å². The first-order chi connectivity index (χ1) is 9.68. The van der Waals surface area contributed by atoms with Gasteiger partial charge in [-0.2, -0.15) is 5.10 Å². The number of hydrogen-bond acceptors (Lipinski definition) is 4. The van der Waals surface area contributed by atoms with E-state index < -0.39 is 21.7 Å². The van der Waals surface area contributed by atoms with Gasteiger partial charge in [-0.3, -0.25) is 9.48 Å². The Balaban J connectivity index is 2.39. The highest BCUT2D eigenvalue weighted by atomic mass is 79.9. The Morgan fingerprint density at radius 3 is 2.76 bits per heavy atom. The first kappa shape index (κ1) is 15.6. The lowest BCUT2D eigenvalue weighted by molar-refractivity contribution is 0.102. The zero-order valence-corrected chi connectivity index (χ0v) is 13.1. The molecular formula is C11H10BrFN4O3S. The molecule has 0 saturated heterocycles. The maximum atomic E-state index is 13.6. The first-order valence-corrected chi connectivity index (χ1v) is 7.85. The van der Waals surface area contributed by atoms with Crippen LogP contribution in [0.3, 0.4) is 0 Å². The fraction of sp³-hybridized carbons (Fsp3) is 0.0909. The molecule has 21 heavy (non-hydrogen) atoms. The zero-order valence-electron chi connectivity index (χ0n) is 10.7. The van der Waals surface area contributed by atoms with Crippen molar-refractivity contribution in [2.45, 2.75) is 4.90 Å². The van der Waals surface area contributed by atoms with Crippen molar-refractivity contribution in [3.8, 4) is 0 Å². The molecule has 1 aromatic heterocycles. The Morgan fingerprint density at radius 1 is 1.48 bits per heavy atom. The molecule has 0 unspecified atom stereocenters. The van der Waals surface area contributed by atoms with Gasteiger partial charge in [0.05, 0.1) is 5.56 Å². The van der Waals surface area contributed by atoms with Crippen LogP contribution in [0.1, 0.15) is 10.4 Å². The Kier molecular flexibility index (Phi) is 4.12. The Labute approximate surface area is 128 Å². The zero-order chi connectivity index (χ0) is 15.8. The van der Waals surface area contributed by atoms with Gasteiger partial charge in [0.1, 0.15) is 10.7 Å². The van der Waals surface area contributed by atoms with E-state index in [0.29, 0.717) is 4.47 Å². The van der Waals surface area contributed by atoms with Crippen LogP contribution in [-0.4, -0.2) is 24.1 Å². The van der Waals surface area contributed by atoms with Gasteiger partial charge in [0, 0.05) is 17.7 Å². The third-order valence-electron chi connectivity index (χ3n) is 2.51. The highest BCUT2D eigenvalue weighted by Gasteiger charge is 2.21. The second-order valence-electron chi connectivity index (χ2n) is 4.14. The number of amides is 1. The minimum Gasteiger partial charge on any atom is -0.304 e. The highest BCUT2D eigenvalue weighted by molar-refractivity contribution is 9.10. The van der Waals surface area contributed by atoms with Gasteiger partial charge in [-0.25, -0.2) is 17.9 Å². The van der Waals surface area contributed by atoms with Crippen LogP contribution in [0.2, 0.25) is 0 Å². The van der Waals surface area contributed by atoms with Crippen LogP contribution in [0.15, 0.2) is 33.8 Å². The Bertz CT molecular complexity index is 819. The third kappa shape index (κ3) is 3.46. The van der Waals surface area contributed by atoms with E-state index in [1.165, 1.54) is 23.9 Å². The maximum Gasteiger partial charge on any atom is 0.259 e. The minimum atomic E-state index is -4.06. The molecule has 0 radical (unpaired) electrons. The summed E-state index contributed by atoms with van der Waals surface area (Å²) in [6.07, 6.45) is 1.14. The minimum absolute atomic E-state index is 0.254. The standard InChI is InChI=1S/C11H10BrFN4O3S/c1-17-5-9(21(14,19)20)10(16-17)15-11(18)7-4-6(12)2-3-8(7)13/h2-5H,1H3,(H2,14,19,20)(H,15,16,18). The van der Waals surface area contributed by atoms with Crippen molar-refractivity contribution >= 4 is 37.7 Å². The van der Waals surface area contributed by atoms with Gasteiger partial charge in [-0.15, -0.1) is 0 Å². The number of hydrogen-bond donors (Lipinski definition) is 2. The lowest BCUT2D eigenvalue weighted by Gasteiger charge is -2.05. The van der Waals surface area contributed by atoms with E-state index in [-0.39, 0.29) is 16.3 Å². The van der Waals surface area contributed by atoms with Crippen molar-refractivity contribution < 1.29 is 17.6 Å². The van der Waals surface area contributed by atoms with Crippen LogP contribution in [0, 0.1) is 5.82 Å². The van der Waals surface area contributed by atoms with Crippen molar-refractivity contribution in [3.05, 3.63) is 40.2 Å². The number of aryl methyl sites for hydroxylation is 1. The largest absolute Gasteiger partial charge is 0.304 e. The van der Waals surface area contributed by atoms with Gasteiger partial charge in [-0.05, 0) is 18.2 Å². The number of nitrogens with one attached hydrogen (secondary N) is 1. The number of carbonyl (C=O) groups is 1. The number of rotatable bonds is 3. The molecule has 2 aromatic rings. The summed E-state index contributed by atoms with van der Waals surface area (Å²) in [5.74, 6) is -1.84. The summed E-state index contributed by atoms with van der Waals surface area (Å²) in [7, 11) is -2.60. The summed E-state index contributed by atoms with van der Waals surface area (Å²) < 4.78 is 38.1. The molecule has 0 aliphatic heterocycles. The van der Waals surface area contributed by atoms with E-state index in [1.807, 2.05) is 0 Å². The molecular weight excluding hydrogens is 367 g/mol. The number of halogens is 2. The molecule has 3 N–H and O–H groups in total. The molecule has 112 valence electrons. The van der Waals surface area contributed by atoms with E-state index in [1.54, 1.807) is 0 Å². The van der Waals surface area contributed by atoms with Crippen LogP contribution < -0.4 is 10.5 Å². The number of sulfonamides is 1. The second kappa shape index (κ2) is 5.54. The normalized spacial score (nSPS) is 11.4. The number of aromatic nitrogens is 2. The first-order valence-electron chi connectivity index (χ1n) is 5.51. The Morgan fingerprint density at radius 2 is 2.14 bits per heavy atom. The molecule has 0 saturated carbocycles.